The van der Waals surface area contributed by atoms with Crippen molar-refractivity contribution in [3.63, 3.8) is 0 Å². The topological polar surface area (TPSA) is 152 Å². The van der Waals surface area contributed by atoms with Gasteiger partial charge in [0, 0.05) is 24.7 Å². The number of para-hydroxylation sites is 2. The molecule has 0 radical (unpaired) electrons. The number of benzene rings is 2. The van der Waals surface area contributed by atoms with Crippen LogP contribution in [-0.2, 0) is 6.61 Å². The van der Waals surface area contributed by atoms with E-state index in [2.05, 4.69) is 15.6 Å². The molecule has 10 nitrogen and oxygen atoms in total. The lowest BCUT2D eigenvalue weighted by molar-refractivity contribution is -0.384. The van der Waals surface area contributed by atoms with Gasteiger partial charge in [0.25, 0.3) is 17.5 Å². The van der Waals surface area contributed by atoms with E-state index in [1.807, 2.05) is 6.07 Å². The molecule has 0 saturated carbocycles. The highest BCUT2D eigenvalue weighted by Crippen LogP contribution is 2.26. The molecule has 160 valence electrons. The number of nitrogens with two attached hydrogens (primary N) is 1. The van der Waals surface area contributed by atoms with Crippen molar-refractivity contribution in [2.45, 2.75) is 6.61 Å². The summed E-state index contributed by atoms with van der Waals surface area (Å²) in [5.74, 6) is -0.349. The summed E-state index contributed by atoms with van der Waals surface area (Å²) in [5, 5.41) is 16.2. The van der Waals surface area contributed by atoms with Crippen LogP contribution in [0.1, 0.15) is 26.4 Å². The Morgan fingerprint density at radius 1 is 1.10 bits per heavy atom. The van der Waals surface area contributed by atoms with Crippen LogP contribution in [0.5, 0.6) is 5.75 Å². The van der Waals surface area contributed by atoms with Crippen molar-refractivity contribution in [3.8, 4) is 5.75 Å². The second kappa shape index (κ2) is 10.0. The summed E-state index contributed by atoms with van der Waals surface area (Å²) in [6.07, 6.45) is 1.15. The lowest BCUT2D eigenvalue weighted by Crippen LogP contribution is -2.29. The van der Waals surface area contributed by atoms with E-state index in [0.717, 1.165) is 17.8 Å². The summed E-state index contributed by atoms with van der Waals surface area (Å²) in [6.45, 7) is 0.905. The average Bonchev–Trinajstić information content (AvgIpc) is 3.28. The molecule has 0 fully saturated rings. The van der Waals surface area contributed by atoms with Gasteiger partial charge in [0.15, 0.2) is 0 Å². The second-order valence-electron chi connectivity index (χ2n) is 6.51. The number of rotatable bonds is 9. The largest absolute Gasteiger partial charge is 0.487 e. The van der Waals surface area contributed by atoms with Crippen molar-refractivity contribution in [2.24, 2.45) is 5.73 Å². The molecule has 0 aliphatic rings. The minimum atomic E-state index is -0.589. The first kappa shape index (κ1) is 21.5. The van der Waals surface area contributed by atoms with E-state index >= 15 is 0 Å². The maximum absolute atomic E-state index is 12.4. The van der Waals surface area contributed by atoms with Crippen LogP contribution in [0.4, 0.5) is 11.4 Å². The van der Waals surface area contributed by atoms with Gasteiger partial charge in [0.05, 0.1) is 16.8 Å². The minimum Gasteiger partial charge on any atom is -0.487 e. The van der Waals surface area contributed by atoms with E-state index in [-0.39, 0.29) is 23.9 Å². The van der Waals surface area contributed by atoms with E-state index in [9.17, 15) is 19.7 Å². The molecule has 1 aromatic heterocycles. The Balaban J connectivity index is 1.67. The van der Waals surface area contributed by atoms with Crippen LogP contribution in [0.15, 0.2) is 60.8 Å². The summed E-state index contributed by atoms with van der Waals surface area (Å²) >= 11 is 0. The molecule has 0 unspecified atom stereocenters. The van der Waals surface area contributed by atoms with E-state index in [0.29, 0.717) is 30.1 Å². The molecule has 31 heavy (non-hydrogen) atoms. The Morgan fingerprint density at radius 2 is 1.90 bits per heavy atom. The van der Waals surface area contributed by atoms with Crippen molar-refractivity contribution in [3.05, 3.63) is 87.7 Å². The zero-order chi connectivity index (χ0) is 22.2. The third-order valence-electron chi connectivity index (χ3n) is 4.27. The van der Waals surface area contributed by atoms with Crippen molar-refractivity contribution in [2.75, 3.05) is 18.4 Å². The lowest BCUT2D eigenvalue weighted by Gasteiger charge is -2.13. The van der Waals surface area contributed by atoms with Gasteiger partial charge in [-0.3, -0.25) is 19.7 Å². The molecule has 0 spiro atoms. The third kappa shape index (κ3) is 5.67. The molecule has 0 aliphatic heterocycles. The molecule has 2 amide bonds. The van der Waals surface area contributed by atoms with Crippen LogP contribution in [-0.4, -0.2) is 34.8 Å². The number of hydrogen-bond donors (Lipinski definition) is 4. The van der Waals surface area contributed by atoms with Crippen molar-refractivity contribution in [1.29, 1.82) is 0 Å². The predicted molar refractivity (Wildman–Crippen MR) is 114 cm³/mol. The van der Waals surface area contributed by atoms with Gasteiger partial charge >= 0.3 is 0 Å². The molecule has 0 aliphatic carbocycles. The highest BCUT2D eigenvalue weighted by molar-refractivity contribution is 6.04. The fourth-order valence-corrected chi connectivity index (χ4v) is 2.76. The fraction of sp³-hybridized carbons (Fsp3) is 0.143. The maximum Gasteiger partial charge on any atom is 0.287 e. The number of aromatic nitrogens is 1. The van der Waals surface area contributed by atoms with Gasteiger partial charge in [-0.05, 0) is 29.8 Å². The van der Waals surface area contributed by atoms with Crippen LogP contribution >= 0.6 is 0 Å². The standard InChI is InChI=1S/C21H21N5O5/c22-8-9-23-20(27)15-5-3-4-14(10-15)13-31-19-7-2-1-6-17(19)25-21(28)18-11-16(12-24-18)26(29)30/h1-7,10-12,24H,8-9,13,22H2,(H,23,27)(H,25,28). The number of nitro groups is 1. The minimum absolute atomic E-state index is 0.0534. The molecule has 3 aromatic rings. The average molecular weight is 423 g/mol. The van der Waals surface area contributed by atoms with Crippen LogP contribution in [0.3, 0.4) is 0 Å². The predicted octanol–water partition coefficient (Wildman–Crippen LogP) is 2.44. The van der Waals surface area contributed by atoms with Crippen LogP contribution in [0.2, 0.25) is 0 Å². The van der Waals surface area contributed by atoms with E-state index in [4.69, 9.17) is 10.5 Å². The Hall–Kier alpha value is -4.18. The highest BCUT2D eigenvalue weighted by atomic mass is 16.6. The van der Waals surface area contributed by atoms with Crippen LogP contribution < -0.4 is 21.1 Å². The van der Waals surface area contributed by atoms with Gasteiger partial charge in [-0.1, -0.05) is 24.3 Å². The Morgan fingerprint density at radius 3 is 2.65 bits per heavy atom. The maximum atomic E-state index is 12.4. The molecule has 0 bridgehead atoms. The molecular weight excluding hydrogens is 402 g/mol. The zero-order valence-corrected chi connectivity index (χ0v) is 16.5. The Labute approximate surface area is 177 Å². The third-order valence-corrected chi connectivity index (χ3v) is 4.27. The number of H-pyrrole nitrogens is 1. The number of carbonyl (C=O) groups excluding carboxylic acids is 2. The lowest BCUT2D eigenvalue weighted by atomic mass is 10.1. The van der Waals surface area contributed by atoms with Crippen LogP contribution in [0.25, 0.3) is 0 Å². The van der Waals surface area contributed by atoms with Crippen molar-refractivity contribution >= 4 is 23.2 Å². The molecule has 1 heterocycles. The van der Waals surface area contributed by atoms with Gasteiger partial charge in [0.2, 0.25) is 0 Å². The zero-order valence-electron chi connectivity index (χ0n) is 16.5. The number of aromatic amines is 1. The van der Waals surface area contributed by atoms with Crippen molar-refractivity contribution < 1.29 is 19.2 Å². The van der Waals surface area contributed by atoms with E-state index in [1.165, 1.54) is 0 Å². The molecule has 3 rings (SSSR count). The summed E-state index contributed by atoms with van der Waals surface area (Å²) in [7, 11) is 0. The van der Waals surface area contributed by atoms with Gasteiger partial charge in [-0.25, -0.2) is 0 Å². The number of hydrogen-bond acceptors (Lipinski definition) is 6. The Bertz CT molecular complexity index is 1100. The fourth-order valence-electron chi connectivity index (χ4n) is 2.76. The van der Waals surface area contributed by atoms with Crippen LogP contribution in [0, 0.1) is 10.1 Å². The summed E-state index contributed by atoms with van der Waals surface area (Å²) in [6, 6.07) is 14.9. The van der Waals surface area contributed by atoms with E-state index < -0.39 is 10.8 Å². The highest BCUT2D eigenvalue weighted by Gasteiger charge is 2.16. The number of ether oxygens (including phenoxy) is 1. The summed E-state index contributed by atoms with van der Waals surface area (Å²) in [5.41, 5.74) is 6.91. The number of nitrogens with one attached hydrogen (secondary N) is 3. The molecule has 0 atom stereocenters. The molecule has 10 heteroatoms. The molecule has 2 aromatic carbocycles. The van der Waals surface area contributed by atoms with Gasteiger partial charge in [-0.2, -0.15) is 0 Å². The number of amides is 2. The SMILES string of the molecule is NCCNC(=O)c1cccc(COc2ccccc2NC(=O)c2cc([N+](=O)[O-])c[nH]2)c1. The first-order valence-electron chi connectivity index (χ1n) is 9.41. The van der Waals surface area contributed by atoms with Gasteiger partial charge < -0.3 is 26.1 Å². The monoisotopic (exact) mass is 423 g/mol. The number of carbonyl (C=O) groups is 2. The first-order chi connectivity index (χ1) is 15.0. The molecule has 5 N–H and O–H groups in total. The Kier molecular flexibility index (Phi) is 6.97. The molecule has 0 saturated heterocycles. The normalized spacial score (nSPS) is 10.4. The van der Waals surface area contributed by atoms with Gasteiger partial charge in [-0.15, -0.1) is 0 Å². The second-order valence-corrected chi connectivity index (χ2v) is 6.51. The summed E-state index contributed by atoms with van der Waals surface area (Å²) in [4.78, 5) is 37.3. The number of nitrogens with zero attached hydrogens (tertiary/aromatic N) is 1. The van der Waals surface area contributed by atoms with Crippen molar-refractivity contribution in [1.82, 2.24) is 10.3 Å². The smallest absolute Gasteiger partial charge is 0.287 e. The van der Waals surface area contributed by atoms with E-state index in [1.54, 1.807) is 42.5 Å². The van der Waals surface area contributed by atoms with Gasteiger partial charge in [0.1, 0.15) is 18.1 Å². The first-order valence-corrected chi connectivity index (χ1v) is 9.41. The quantitative estimate of drug-likeness (QED) is 0.306. The number of anilines is 1. The molecular formula is C21H21N5O5. The summed E-state index contributed by atoms with van der Waals surface area (Å²) < 4.78 is 5.83.